The van der Waals surface area contributed by atoms with E-state index in [9.17, 15) is 4.79 Å². The van der Waals surface area contributed by atoms with E-state index in [0.717, 1.165) is 59.1 Å². The number of imidazole rings is 1. The number of rotatable bonds is 4. The van der Waals surface area contributed by atoms with Crippen LogP contribution in [0.2, 0.25) is 10.0 Å². The Kier molecular flexibility index (Phi) is 6.81. The minimum Gasteiger partial charge on any atom is -0.343 e. The Morgan fingerprint density at radius 2 is 1.78 bits per heavy atom. The predicted octanol–water partition coefficient (Wildman–Crippen LogP) is 7.05. The minimum absolute atomic E-state index is 0.0710. The number of piperidine rings is 1. The summed E-state index contributed by atoms with van der Waals surface area (Å²) < 4.78 is 2.39. The van der Waals surface area contributed by atoms with Gasteiger partial charge in [0.05, 0.1) is 21.1 Å². The normalized spacial score (nSPS) is 15.5. The van der Waals surface area contributed by atoms with Gasteiger partial charge in [0.1, 0.15) is 5.82 Å². The average Bonchev–Trinajstić information content (AvgIpc) is 3.09. The van der Waals surface area contributed by atoms with Gasteiger partial charge in [-0.2, -0.15) is 0 Å². The van der Waals surface area contributed by atoms with E-state index in [-0.39, 0.29) is 11.3 Å². The lowest BCUT2D eigenvalue weighted by molar-refractivity contribution is -0.130. The molecular formula is C25H29Cl2N3OS. The van der Waals surface area contributed by atoms with Gasteiger partial charge >= 0.3 is 0 Å². The monoisotopic (exact) mass is 489 g/mol. The molecule has 1 saturated heterocycles. The predicted molar refractivity (Wildman–Crippen MR) is 134 cm³/mol. The van der Waals surface area contributed by atoms with Gasteiger partial charge in [0, 0.05) is 41.8 Å². The molecular weight excluding hydrogens is 461 g/mol. The highest BCUT2D eigenvalue weighted by Gasteiger charge is 2.27. The summed E-state index contributed by atoms with van der Waals surface area (Å²) in [5.41, 5.74) is 2.07. The average molecular weight is 491 g/mol. The highest BCUT2D eigenvalue weighted by molar-refractivity contribution is 7.99. The molecule has 0 spiro atoms. The van der Waals surface area contributed by atoms with Crippen molar-refractivity contribution in [1.29, 1.82) is 0 Å². The van der Waals surface area contributed by atoms with Gasteiger partial charge in [0.2, 0.25) is 5.91 Å². The molecule has 0 radical (unpaired) electrons. The molecule has 7 heteroatoms. The molecule has 1 fully saturated rings. The number of nitrogens with zero attached hydrogens (tertiary/aromatic N) is 3. The summed E-state index contributed by atoms with van der Waals surface area (Å²) in [4.78, 5) is 20.6. The summed E-state index contributed by atoms with van der Waals surface area (Å²) >= 11 is 14.3. The van der Waals surface area contributed by atoms with Crippen LogP contribution in [0.5, 0.6) is 0 Å². The molecule has 4 nitrogen and oxygen atoms in total. The van der Waals surface area contributed by atoms with Gasteiger partial charge in [0.25, 0.3) is 0 Å². The zero-order valence-electron chi connectivity index (χ0n) is 19.0. The molecule has 0 atom stereocenters. The topological polar surface area (TPSA) is 38.1 Å². The third-order valence-corrected chi connectivity index (χ3v) is 8.02. The van der Waals surface area contributed by atoms with E-state index in [2.05, 4.69) is 43.5 Å². The number of carbonyl (C=O) groups is 1. The lowest BCUT2D eigenvalue weighted by Crippen LogP contribution is -2.38. The van der Waals surface area contributed by atoms with Gasteiger partial charge in [-0.05, 0) is 49.1 Å². The molecule has 170 valence electrons. The molecule has 0 N–H and O–H groups in total. The molecule has 1 aliphatic rings. The van der Waals surface area contributed by atoms with Crippen molar-refractivity contribution in [3.05, 3.63) is 52.3 Å². The van der Waals surface area contributed by atoms with Crippen molar-refractivity contribution in [3.63, 3.8) is 0 Å². The van der Waals surface area contributed by atoms with Crippen LogP contribution in [0.1, 0.15) is 46.4 Å². The van der Waals surface area contributed by atoms with Gasteiger partial charge in [-0.3, -0.25) is 4.79 Å². The zero-order valence-corrected chi connectivity index (χ0v) is 21.3. The molecule has 4 rings (SSSR count). The number of benzene rings is 2. The van der Waals surface area contributed by atoms with E-state index in [1.807, 2.05) is 23.1 Å². The maximum atomic E-state index is 11.7. The third kappa shape index (κ3) is 4.95. The largest absolute Gasteiger partial charge is 0.343 e. The first kappa shape index (κ1) is 23.5. The van der Waals surface area contributed by atoms with Crippen LogP contribution in [0, 0.1) is 5.92 Å². The van der Waals surface area contributed by atoms with Gasteiger partial charge in [0.15, 0.2) is 0 Å². The maximum absolute atomic E-state index is 11.7. The van der Waals surface area contributed by atoms with Gasteiger partial charge < -0.3 is 9.47 Å². The van der Waals surface area contributed by atoms with Crippen LogP contribution in [0.3, 0.4) is 0 Å². The van der Waals surface area contributed by atoms with Crippen molar-refractivity contribution < 1.29 is 4.79 Å². The van der Waals surface area contributed by atoms with Crippen LogP contribution in [0.4, 0.5) is 0 Å². The Morgan fingerprint density at radius 1 is 1.12 bits per heavy atom. The molecule has 1 amide bonds. The van der Waals surface area contributed by atoms with Crippen LogP contribution < -0.4 is 0 Å². The number of hydrogen-bond donors (Lipinski definition) is 0. The second-order valence-electron chi connectivity index (χ2n) is 9.55. The summed E-state index contributed by atoms with van der Waals surface area (Å²) in [6.07, 6.45) is 2.06. The number of halogens is 2. The molecule has 0 aliphatic carbocycles. The second kappa shape index (κ2) is 9.28. The summed E-state index contributed by atoms with van der Waals surface area (Å²) in [6.45, 7) is 10.9. The molecule has 0 unspecified atom stereocenters. The number of fused-ring (bicyclic) bond motifs is 1. The Balaban J connectivity index is 1.64. The number of carbonyl (C=O) groups excluding carboxylic acids is 1. The SMILES string of the molecule is CC(=O)N1CCC(Cn2c(C(C)(C)C)nc3cc(Sc4c(Cl)cccc4Cl)ccc32)CC1. The van der Waals surface area contributed by atoms with E-state index >= 15 is 0 Å². The first-order chi connectivity index (χ1) is 15.1. The van der Waals surface area contributed by atoms with Crippen LogP contribution in [-0.2, 0) is 16.8 Å². The molecule has 32 heavy (non-hydrogen) atoms. The maximum Gasteiger partial charge on any atom is 0.219 e. The van der Waals surface area contributed by atoms with Crippen molar-refractivity contribution in [1.82, 2.24) is 14.5 Å². The molecule has 2 aromatic carbocycles. The van der Waals surface area contributed by atoms with Crippen LogP contribution in [0.25, 0.3) is 11.0 Å². The number of likely N-dealkylation sites (tertiary alicyclic amines) is 1. The van der Waals surface area contributed by atoms with E-state index in [1.54, 1.807) is 18.7 Å². The summed E-state index contributed by atoms with van der Waals surface area (Å²) in [7, 11) is 0. The van der Waals surface area contributed by atoms with Crippen molar-refractivity contribution in [2.24, 2.45) is 5.92 Å². The highest BCUT2D eigenvalue weighted by atomic mass is 35.5. The van der Waals surface area contributed by atoms with Gasteiger partial charge in [-0.25, -0.2) is 4.98 Å². The molecule has 1 aromatic heterocycles. The Hall–Kier alpha value is -1.69. The van der Waals surface area contributed by atoms with E-state index in [0.29, 0.717) is 16.0 Å². The Morgan fingerprint density at radius 3 is 2.38 bits per heavy atom. The molecule has 0 bridgehead atoms. The minimum atomic E-state index is -0.0710. The van der Waals surface area contributed by atoms with Crippen molar-refractivity contribution in [3.8, 4) is 0 Å². The van der Waals surface area contributed by atoms with Crippen LogP contribution >= 0.6 is 35.0 Å². The van der Waals surface area contributed by atoms with Gasteiger partial charge in [-0.1, -0.05) is 61.8 Å². The van der Waals surface area contributed by atoms with Crippen molar-refractivity contribution in [2.75, 3.05) is 13.1 Å². The summed E-state index contributed by atoms with van der Waals surface area (Å²) in [5.74, 6) is 1.81. The standard InChI is InChI=1S/C25H29Cl2N3OS/c1-16(31)29-12-10-17(11-13-29)15-30-22-9-8-18(14-21(22)28-24(30)25(2,3)4)32-23-19(26)6-5-7-20(23)27/h5-9,14,17H,10-13,15H2,1-4H3. The molecule has 1 aliphatic heterocycles. The fourth-order valence-corrected chi connectivity index (χ4v) is 5.82. The van der Waals surface area contributed by atoms with Crippen LogP contribution in [0.15, 0.2) is 46.2 Å². The first-order valence-electron chi connectivity index (χ1n) is 11.0. The van der Waals surface area contributed by atoms with E-state index in [4.69, 9.17) is 28.2 Å². The zero-order chi connectivity index (χ0) is 23.0. The summed E-state index contributed by atoms with van der Waals surface area (Å²) in [6, 6.07) is 12.0. The van der Waals surface area contributed by atoms with Gasteiger partial charge in [-0.15, -0.1) is 0 Å². The quantitative estimate of drug-likeness (QED) is 0.393. The van der Waals surface area contributed by atoms with E-state index < -0.39 is 0 Å². The molecule has 2 heterocycles. The van der Waals surface area contributed by atoms with Crippen molar-refractivity contribution in [2.45, 2.75) is 62.3 Å². The fourth-order valence-electron chi connectivity index (χ4n) is 4.32. The second-order valence-corrected chi connectivity index (χ2v) is 11.4. The number of hydrogen-bond acceptors (Lipinski definition) is 3. The van der Waals surface area contributed by atoms with Crippen molar-refractivity contribution >= 4 is 51.9 Å². The Labute approximate surface area is 204 Å². The van der Waals surface area contributed by atoms with Crippen LogP contribution in [-0.4, -0.2) is 33.4 Å². The highest BCUT2D eigenvalue weighted by Crippen LogP contribution is 2.40. The molecule has 3 aromatic rings. The van der Waals surface area contributed by atoms with E-state index in [1.165, 1.54) is 0 Å². The lowest BCUT2D eigenvalue weighted by Gasteiger charge is -2.32. The Bertz CT molecular complexity index is 1120. The first-order valence-corrected chi connectivity index (χ1v) is 12.6. The number of amides is 1. The number of aromatic nitrogens is 2. The fraction of sp³-hybridized carbons (Fsp3) is 0.440. The summed E-state index contributed by atoms with van der Waals surface area (Å²) in [5, 5.41) is 1.31. The molecule has 0 saturated carbocycles. The third-order valence-electron chi connectivity index (χ3n) is 6.03. The smallest absolute Gasteiger partial charge is 0.219 e. The lowest BCUT2D eigenvalue weighted by atomic mass is 9.93.